The number of non-ortho nitro benzene ring substituents is 1. The molecule has 0 fully saturated rings. The van der Waals surface area contributed by atoms with E-state index in [1.165, 1.54) is 24.3 Å². The molecule has 0 aliphatic rings. The fourth-order valence-electron chi connectivity index (χ4n) is 2.51. The summed E-state index contributed by atoms with van der Waals surface area (Å²) < 4.78 is 24.7. The number of nitro groups is 1. The van der Waals surface area contributed by atoms with Crippen LogP contribution in [0.15, 0.2) is 58.8 Å². The van der Waals surface area contributed by atoms with Crippen molar-refractivity contribution in [3.8, 4) is 11.3 Å². The standard InChI is InChI=1S/C19H17N3O5S2/c1-13-5-7-16(8-6-13)29(26,27)10-9-18(23)21-19-20-17(12-28-19)14-3-2-4-15(11-14)22(24)25/h2-8,11-12H,9-10H2,1H3,(H,20,21,23). The van der Waals surface area contributed by atoms with Gasteiger partial charge in [0.2, 0.25) is 5.91 Å². The number of amides is 1. The number of rotatable bonds is 7. The molecule has 0 aliphatic carbocycles. The number of thiazole rings is 1. The maximum Gasteiger partial charge on any atom is 0.270 e. The van der Waals surface area contributed by atoms with Crippen LogP contribution in [0.1, 0.15) is 12.0 Å². The summed E-state index contributed by atoms with van der Waals surface area (Å²) in [6.45, 7) is 1.86. The predicted molar refractivity (Wildman–Crippen MR) is 111 cm³/mol. The van der Waals surface area contributed by atoms with E-state index in [1.54, 1.807) is 29.6 Å². The van der Waals surface area contributed by atoms with Crippen LogP contribution in [0.4, 0.5) is 10.8 Å². The van der Waals surface area contributed by atoms with Crippen LogP contribution < -0.4 is 5.32 Å². The van der Waals surface area contributed by atoms with Gasteiger partial charge >= 0.3 is 0 Å². The Hall–Kier alpha value is -3.11. The van der Waals surface area contributed by atoms with Gasteiger partial charge in [-0.05, 0) is 19.1 Å². The van der Waals surface area contributed by atoms with Gasteiger partial charge in [-0.3, -0.25) is 14.9 Å². The van der Waals surface area contributed by atoms with E-state index >= 15 is 0 Å². The van der Waals surface area contributed by atoms with E-state index in [-0.39, 0.29) is 22.8 Å². The second-order valence-corrected chi connectivity index (χ2v) is 9.24. The molecule has 2 aromatic carbocycles. The SMILES string of the molecule is Cc1ccc(S(=O)(=O)CCC(=O)Nc2nc(-c3cccc([N+](=O)[O-])c3)cs2)cc1. The Kier molecular flexibility index (Phi) is 6.04. The first-order valence-corrected chi connectivity index (χ1v) is 11.1. The van der Waals surface area contributed by atoms with E-state index in [2.05, 4.69) is 10.3 Å². The topological polar surface area (TPSA) is 119 Å². The third-order valence-corrected chi connectivity index (χ3v) is 6.57. The van der Waals surface area contributed by atoms with Crippen molar-refractivity contribution in [3.63, 3.8) is 0 Å². The molecule has 0 spiro atoms. The Labute approximate surface area is 171 Å². The number of anilines is 1. The predicted octanol–water partition coefficient (Wildman–Crippen LogP) is 3.83. The molecule has 1 heterocycles. The van der Waals surface area contributed by atoms with E-state index in [0.29, 0.717) is 16.4 Å². The molecule has 1 amide bonds. The van der Waals surface area contributed by atoms with Crippen LogP contribution in [0, 0.1) is 17.0 Å². The van der Waals surface area contributed by atoms with Gasteiger partial charge in [-0.1, -0.05) is 29.8 Å². The van der Waals surface area contributed by atoms with Crippen molar-refractivity contribution >= 4 is 37.9 Å². The van der Waals surface area contributed by atoms with Gasteiger partial charge in [0, 0.05) is 29.5 Å². The molecule has 10 heteroatoms. The van der Waals surface area contributed by atoms with Crippen molar-refractivity contribution < 1.29 is 18.1 Å². The molecule has 0 bridgehead atoms. The van der Waals surface area contributed by atoms with Crippen LogP contribution in [0.5, 0.6) is 0 Å². The summed E-state index contributed by atoms with van der Waals surface area (Å²) in [7, 11) is -3.56. The minimum atomic E-state index is -3.56. The summed E-state index contributed by atoms with van der Waals surface area (Å²) in [5.74, 6) is -0.786. The van der Waals surface area contributed by atoms with E-state index in [4.69, 9.17) is 0 Å². The number of aryl methyl sites for hydroxylation is 1. The van der Waals surface area contributed by atoms with Gasteiger partial charge in [0.15, 0.2) is 15.0 Å². The second-order valence-electron chi connectivity index (χ2n) is 6.28. The molecule has 0 aliphatic heterocycles. The summed E-state index contributed by atoms with van der Waals surface area (Å²) >= 11 is 1.16. The van der Waals surface area contributed by atoms with Crippen molar-refractivity contribution in [1.29, 1.82) is 0 Å². The van der Waals surface area contributed by atoms with Crippen molar-refractivity contribution in [2.45, 2.75) is 18.2 Å². The van der Waals surface area contributed by atoms with Crippen LogP contribution in [0.25, 0.3) is 11.3 Å². The highest BCUT2D eigenvalue weighted by Gasteiger charge is 2.17. The van der Waals surface area contributed by atoms with E-state index in [0.717, 1.165) is 16.9 Å². The fraction of sp³-hybridized carbons (Fsp3) is 0.158. The Morgan fingerprint density at radius 3 is 2.62 bits per heavy atom. The lowest BCUT2D eigenvalue weighted by Gasteiger charge is -2.05. The van der Waals surface area contributed by atoms with Crippen LogP contribution in [0.3, 0.4) is 0 Å². The first-order chi connectivity index (χ1) is 13.7. The van der Waals surface area contributed by atoms with Gasteiger partial charge in [0.05, 0.1) is 21.3 Å². The number of nitro benzene ring substituents is 1. The monoisotopic (exact) mass is 431 g/mol. The third kappa shape index (κ3) is 5.24. The molecule has 0 saturated heterocycles. The van der Waals surface area contributed by atoms with Crippen LogP contribution in [-0.4, -0.2) is 30.0 Å². The third-order valence-electron chi connectivity index (χ3n) is 4.08. The highest BCUT2D eigenvalue weighted by Crippen LogP contribution is 2.27. The van der Waals surface area contributed by atoms with Gasteiger partial charge in [-0.25, -0.2) is 13.4 Å². The number of hydrogen-bond acceptors (Lipinski definition) is 7. The number of carbonyl (C=O) groups excluding carboxylic acids is 1. The molecular formula is C19H17N3O5S2. The Morgan fingerprint density at radius 2 is 1.93 bits per heavy atom. The Balaban J connectivity index is 1.62. The molecule has 0 radical (unpaired) electrons. The molecule has 29 heavy (non-hydrogen) atoms. The molecule has 1 aromatic heterocycles. The van der Waals surface area contributed by atoms with E-state index < -0.39 is 20.7 Å². The van der Waals surface area contributed by atoms with Gasteiger partial charge < -0.3 is 5.32 Å². The lowest BCUT2D eigenvalue weighted by atomic mass is 10.1. The Bertz CT molecular complexity index is 1150. The molecule has 150 valence electrons. The number of hydrogen-bond donors (Lipinski definition) is 1. The largest absolute Gasteiger partial charge is 0.302 e. The molecular weight excluding hydrogens is 414 g/mol. The quantitative estimate of drug-likeness (QED) is 0.448. The highest BCUT2D eigenvalue weighted by molar-refractivity contribution is 7.91. The number of sulfone groups is 1. The van der Waals surface area contributed by atoms with Gasteiger partial charge in [0.25, 0.3) is 5.69 Å². The summed E-state index contributed by atoms with van der Waals surface area (Å²) in [6, 6.07) is 12.5. The number of nitrogens with one attached hydrogen (secondary N) is 1. The minimum Gasteiger partial charge on any atom is -0.302 e. The average molecular weight is 431 g/mol. The number of benzene rings is 2. The fourth-order valence-corrected chi connectivity index (χ4v) is 4.49. The number of aromatic nitrogens is 1. The molecule has 3 rings (SSSR count). The molecule has 0 atom stereocenters. The Morgan fingerprint density at radius 1 is 1.21 bits per heavy atom. The molecule has 8 nitrogen and oxygen atoms in total. The first kappa shape index (κ1) is 20.6. The van der Waals surface area contributed by atoms with Gasteiger partial charge in [-0.15, -0.1) is 11.3 Å². The lowest BCUT2D eigenvalue weighted by molar-refractivity contribution is -0.384. The maximum atomic E-state index is 12.3. The smallest absolute Gasteiger partial charge is 0.270 e. The summed E-state index contributed by atoms with van der Waals surface area (Å²) in [5.41, 5.74) is 1.94. The second kappa shape index (κ2) is 8.50. The first-order valence-electron chi connectivity index (χ1n) is 8.54. The molecule has 0 unspecified atom stereocenters. The average Bonchev–Trinajstić information content (AvgIpc) is 3.15. The van der Waals surface area contributed by atoms with Crippen LogP contribution in [-0.2, 0) is 14.6 Å². The maximum absolute atomic E-state index is 12.3. The zero-order valence-corrected chi connectivity index (χ0v) is 17.0. The van der Waals surface area contributed by atoms with Crippen molar-refractivity contribution in [3.05, 3.63) is 69.6 Å². The summed E-state index contributed by atoms with van der Waals surface area (Å²) in [4.78, 5) is 27.0. The normalized spacial score (nSPS) is 11.2. The van der Waals surface area contributed by atoms with Crippen LogP contribution >= 0.6 is 11.3 Å². The summed E-state index contributed by atoms with van der Waals surface area (Å²) in [6.07, 6.45) is -0.206. The highest BCUT2D eigenvalue weighted by atomic mass is 32.2. The van der Waals surface area contributed by atoms with Gasteiger partial charge in [-0.2, -0.15) is 0 Å². The van der Waals surface area contributed by atoms with Crippen LogP contribution in [0.2, 0.25) is 0 Å². The zero-order chi connectivity index (χ0) is 21.0. The summed E-state index contributed by atoms with van der Waals surface area (Å²) in [5, 5.41) is 15.4. The lowest BCUT2D eigenvalue weighted by Crippen LogP contribution is -2.17. The molecule has 3 aromatic rings. The molecule has 0 saturated carbocycles. The minimum absolute atomic E-state index is 0.0533. The van der Waals surface area contributed by atoms with Crippen molar-refractivity contribution in [2.75, 3.05) is 11.1 Å². The van der Waals surface area contributed by atoms with Crippen molar-refractivity contribution in [2.24, 2.45) is 0 Å². The molecule has 1 N–H and O–H groups in total. The van der Waals surface area contributed by atoms with E-state index in [1.807, 2.05) is 6.92 Å². The van der Waals surface area contributed by atoms with Crippen molar-refractivity contribution in [1.82, 2.24) is 4.98 Å². The van der Waals surface area contributed by atoms with Gasteiger partial charge in [0.1, 0.15) is 0 Å². The number of carbonyl (C=O) groups is 1. The zero-order valence-electron chi connectivity index (χ0n) is 15.4. The number of nitrogens with zero attached hydrogens (tertiary/aromatic N) is 2. The van der Waals surface area contributed by atoms with E-state index in [9.17, 15) is 23.3 Å².